The van der Waals surface area contributed by atoms with E-state index in [2.05, 4.69) is 72.4 Å². The summed E-state index contributed by atoms with van der Waals surface area (Å²) < 4.78 is 50.1. The van der Waals surface area contributed by atoms with Gasteiger partial charge in [0.25, 0.3) is 5.88 Å². The molecule has 7 aromatic rings. The van der Waals surface area contributed by atoms with Crippen LogP contribution in [-0.2, 0) is 16.0 Å². The van der Waals surface area contributed by atoms with Crippen LogP contribution in [0.25, 0.3) is 43.4 Å². The Kier molecular flexibility index (Phi) is 15.5. The van der Waals surface area contributed by atoms with Crippen LogP contribution in [0.4, 0.5) is 14.6 Å². The van der Waals surface area contributed by atoms with E-state index >= 15 is 8.78 Å². The molecule has 5 aliphatic rings. The molecule has 79 heavy (non-hydrogen) atoms. The van der Waals surface area contributed by atoms with Crippen LogP contribution in [0.3, 0.4) is 0 Å². The van der Waals surface area contributed by atoms with Crippen LogP contribution < -0.4 is 25.0 Å². The van der Waals surface area contributed by atoms with Gasteiger partial charge < -0.3 is 39.5 Å². The molecule has 4 atom stereocenters. The number of benzene rings is 3. The number of amides is 2. The van der Waals surface area contributed by atoms with Gasteiger partial charge in [0.15, 0.2) is 5.82 Å². The number of carbonyl (C=O) groups is 2. The Balaban J connectivity index is 0.00000215. The molecule has 1 aliphatic carbocycles. The van der Waals surface area contributed by atoms with Crippen LogP contribution in [0.2, 0.25) is 0 Å². The lowest BCUT2D eigenvalue weighted by molar-refractivity contribution is -0.138. The molecule has 1 spiro atoms. The van der Waals surface area contributed by atoms with E-state index in [0.29, 0.717) is 60.8 Å². The number of phenolic OH excluding ortho intramolecular Hbond substituents is 1. The maximum Gasteiger partial charge on any atom is 0.319 e. The third-order valence-electron chi connectivity index (χ3n) is 16.3. The predicted octanol–water partition coefficient (Wildman–Crippen LogP) is 9.70. The van der Waals surface area contributed by atoms with Gasteiger partial charge in [-0.25, -0.2) is 13.8 Å². The molecule has 16 nitrogen and oxygen atoms in total. The zero-order chi connectivity index (χ0) is 55.0. The molecule has 412 valence electrons. The Bertz CT molecular complexity index is 3410. The first kappa shape index (κ1) is 53.7. The van der Waals surface area contributed by atoms with E-state index in [1.165, 1.54) is 36.9 Å². The van der Waals surface area contributed by atoms with E-state index in [0.717, 1.165) is 79.7 Å². The maximum absolute atomic E-state index is 17.0. The lowest BCUT2D eigenvalue weighted by Gasteiger charge is -2.51. The molecule has 4 aromatic heterocycles. The lowest BCUT2D eigenvalue weighted by atomic mass is 9.61. The van der Waals surface area contributed by atoms with E-state index < -0.39 is 17.7 Å². The summed E-state index contributed by atoms with van der Waals surface area (Å²) in [6.45, 7) is 12.7. The molecule has 12 rings (SSSR count). The third-order valence-corrected chi connectivity index (χ3v) is 17.3. The molecule has 4 unspecified atom stereocenters. The number of nitrogens with one attached hydrogen (secondary N) is 2. The van der Waals surface area contributed by atoms with E-state index in [1.807, 2.05) is 31.5 Å². The van der Waals surface area contributed by atoms with Crippen molar-refractivity contribution in [3.05, 3.63) is 101 Å². The van der Waals surface area contributed by atoms with Crippen molar-refractivity contribution < 1.29 is 37.5 Å². The van der Waals surface area contributed by atoms with Crippen LogP contribution in [0.1, 0.15) is 107 Å². The van der Waals surface area contributed by atoms with Gasteiger partial charge in [-0.1, -0.05) is 56.5 Å². The quantitative estimate of drug-likeness (QED) is 0.0875. The fraction of sp³-hybridized carbons (Fsp3) is 0.450. The molecule has 8 heterocycles. The molecule has 19 heteroatoms. The summed E-state index contributed by atoms with van der Waals surface area (Å²) in [5.41, 5.74) is 5.04. The molecule has 2 amide bonds. The van der Waals surface area contributed by atoms with E-state index in [1.54, 1.807) is 22.3 Å². The number of nitrogens with zero attached hydrogens (tertiary/aromatic N) is 8. The van der Waals surface area contributed by atoms with Gasteiger partial charge in [-0.2, -0.15) is 9.97 Å². The number of halogens is 2. The zero-order valence-corrected chi connectivity index (χ0v) is 45.9. The normalized spacial score (nSPS) is 20.2. The lowest BCUT2D eigenvalue weighted by Crippen LogP contribution is -2.51. The number of rotatable bonds is 14. The molecule has 5 fully saturated rings. The summed E-state index contributed by atoms with van der Waals surface area (Å²) in [5, 5.41) is 22.7. The number of pyridine rings is 1. The molecule has 0 radical (unpaired) electrons. The highest BCUT2D eigenvalue weighted by Gasteiger charge is 2.47. The number of fused-ring (bicyclic) bond motifs is 4. The first-order valence-corrected chi connectivity index (χ1v) is 28.5. The van der Waals surface area contributed by atoms with Gasteiger partial charge in [-0.3, -0.25) is 19.5 Å². The average Bonchev–Trinajstić information content (AvgIpc) is 4.39. The predicted molar refractivity (Wildman–Crippen MR) is 299 cm³/mol. The number of terminal acetylenes is 1. The highest BCUT2D eigenvalue weighted by Crippen LogP contribution is 2.50. The minimum absolute atomic E-state index is 0.00651. The minimum Gasteiger partial charge on any atom is -0.508 e. The molecule has 4 saturated heterocycles. The summed E-state index contributed by atoms with van der Waals surface area (Å²) in [6, 6.07) is 15.2. The number of thiazole rings is 1. The van der Waals surface area contributed by atoms with E-state index in [9.17, 15) is 14.7 Å². The molecule has 2 bridgehead atoms. The number of carbonyl (C=O) groups excluding carboxylic acids is 2. The second-order valence-corrected chi connectivity index (χ2v) is 22.8. The highest BCUT2D eigenvalue weighted by atomic mass is 32.1. The number of aryl methyl sites for hydroxylation is 1. The monoisotopic (exact) mass is 1090 g/mol. The number of aromatic nitrogens is 5. The Morgan fingerprint density at radius 1 is 1.01 bits per heavy atom. The molecule has 3 aromatic carbocycles. The first-order valence-electron chi connectivity index (χ1n) is 27.7. The number of piperazine rings is 1. The Morgan fingerprint density at radius 2 is 1.77 bits per heavy atom. The number of ether oxygens (including phenoxy) is 2. The second-order valence-electron chi connectivity index (χ2n) is 21.9. The van der Waals surface area contributed by atoms with Crippen LogP contribution in [0.15, 0.2) is 70.8 Å². The SMILES string of the molecule is C#Cc1c(F)ccc2cc(O)cc(-c3ncc4c(N5CC6CCC(C5)N6)nc(OCCN5CCC6(CC5)CC(Oc5cc(CC(=O)N7CCCC7C(=O)NC(C)c7ccc(-c8scnc8C)cc7)on5)C6)nc4c3F)c12.CCC. The topological polar surface area (TPSA) is 184 Å². The number of aromatic hydroxyl groups is 1. The maximum atomic E-state index is 17.0. The van der Waals surface area contributed by atoms with Crippen molar-refractivity contribution in [2.24, 2.45) is 5.41 Å². The Labute approximate surface area is 462 Å². The standard InChI is InChI=1S/C57H58F2N10O6S.C3H8/c1-4-42-45(58)14-11-36-22-39(70)23-43(49(36)42)51-50(59)52-44(28-60-51)54(68-29-37-12-13-38(30-68)63-37)65-56(64-52)73-21-20-67-18-15-57(16-19-67)26-41(27-57)74-47-24-40(75-66-47)25-48(71)69-17-5-6-46(69)55(72)62-32(2)34-7-9-35(10-8-34)53-33(3)61-31-76-53;1-3-2/h1,7-11,14,22-24,28,31-32,37-38,41,46,63,70H,5-6,12-13,15-21,25-27,29-30H2,2-3H3,(H,62,72);3H2,1-2H3. The fourth-order valence-corrected chi connectivity index (χ4v) is 13.1. The van der Waals surface area contributed by atoms with Gasteiger partial charge >= 0.3 is 6.01 Å². The van der Waals surface area contributed by atoms with Crippen molar-refractivity contribution in [1.82, 2.24) is 45.5 Å². The summed E-state index contributed by atoms with van der Waals surface area (Å²) in [6.07, 6.45) is 15.7. The van der Waals surface area contributed by atoms with Gasteiger partial charge in [0.05, 0.1) is 39.5 Å². The number of piperidine rings is 1. The molecule has 1 saturated carbocycles. The van der Waals surface area contributed by atoms with E-state index in [-0.39, 0.29) is 94.0 Å². The van der Waals surface area contributed by atoms with E-state index in [4.69, 9.17) is 25.4 Å². The van der Waals surface area contributed by atoms with Crippen LogP contribution in [0, 0.1) is 36.3 Å². The smallest absolute Gasteiger partial charge is 0.319 e. The van der Waals surface area contributed by atoms with Crippen molar-refractivity contribution in [1.29, 1.82) is 0 Å². The Morgan fingerprint density at radius 3 is 2.49 bits per heavy atom. The zero-order valence-electron chi connectivity index (χ0n) is 45.1. The van der Waals surface area contributed by atoms with Crippen LogP contribution in [-0.4, -0.2) is 122 Å². The molecule has 3 N–H and O–H groups in total. The van der Waals surface area contributed by atoms with Gasteiger partial charge in [0.1, 0.15) is 53.1 Å². The number of hydrogen-bond donors (Lipinski definition) is 3. The fourth-order valence-electron chi connectivity index (χ4n) is 12.2. The van der Waals surface area contributed by atoms with Crippen molar-refractivity contribution >= 4 is 50.6 Å². The van der Waals surface area contributed by atoms with Crippen molar-refractivity contribution in [2.75, 3.05) is 50.8 Å². The molecular formula is C60H66F2N10O6S. The Hall–Kier alpha value is -7.27. The van der Waals surface area contributed by atoms with Crippen molar-refractivity contribution in [3.8, 4) is 51.7 Å². The number of hydrogen-bond acceptors (Lipinski definition) is 15. The van der Waals surface area contributed by atoms with Crippen LogP contribution >= 0.6 is 11.3 Å². The largest absolute Gasteiger partial charge is 0.508 e. The number of likely N-dealkylation sites (tertiary alicyclic amines) is 2. The van der Waals surface area contributed by atoms with Gasteiger partial charge in [0.2, 0.25) is 11.8 Å². The number of phenols is 1. The average molecular weight is 1090 g/mol. The van der Waals surface area contributed by atoms with Crippen molar-refractivity contribution in [2.45, 2.75) is 122 Å². The van der Waals surface area contributed by atoms with Crippen LogP contribution in [0.5, 0.6) is 17.6 Å². The summed E-state index contributed by atoms with van der Waals surface area (Å²) >= 11 is 1.60. The van der Waals surface area contributed by atoms with Gasteiger partial charge in [-0.05, 0) is 124 Å². The summed E-state index contributed by atoms with van der Waals surface area (Å²) in [7, 11) is 0. The molecular weight excluding hydrogens is 1030 g/mol. The van der Waals surface area contributed by atoms with Crippen molar-refractivity contribution in [3.63, 3.8) is 0 Å². The second kappa shape index (κ2) is 22.8. The summed E-state index contributed by atoms with van der Waals surface area (Å²) in [5.74, 6) is 1.79. The number of anilines is 1. The minimum atomic E-state index is -0.757. The van der Waals surface area contributed by atoms with Gasteiger partial charge in [0, 0.05) is 61.5 Å². The highest BCUT2D eigenvalue weighted by molar-refractivity contribution is 7.13. The first-order chi connectivity index (χ1) is 38.3. The third kappa shape index (κ3) is 11.2. The molecule has 4 aliphatic heterocycles. The summed E-state index contributed by atoms with van der Waals surface area (Å²) in [4.78, 5) is 52.7. The van der Waals surface area contributed by atoms with Gasteiger partial charge in [-0.15, -0.1) is 17.8 Å².